The largest absolute Gasteiger partial charge is 0.364 e. The summed E-state index contributed by atoms with van der Waals surface area (Å²) in [5.74, 6) is -1.08. The Kier molecular flexibility index (Phi) is 7.50. The van der Waals surface area contributed by atoms with E-state index in [-0.39, 0.29) is 22.4 Å². The van der Waals surface area contributed by atoms with Gasteiger partial charge in [-0.1, -0.05) is 45.7 Å². The van der Waals surface area contributed by atoms with Crippen molar-refractivity contribution in [2.45, 2.75) is 30.1 Å². The van der Waals surface area contributed by atoms with Crippen LogP contribution in [0.4, 0.5) is 5.69 Å². The predicted octanol–water partition coefficient (Wildman–Crippen LogP) is 5.57. The summed E-state index contributed by atoms with van der Waals surface area (Å²) >= 11 is 9.65. The van der Waals surface area contributed by atoms with E-state index in [1.807, 2.05) is 30.3 Å². The number of carbonyl (C=O) groups excluding carboxylic acids is 2. The molecule has 39 heavy (non-hydrogen) atoms. The van der Waals surface area contributed by atoms with Crippen LogP contribution in [0.2, 0.25) is 5.02 Å². The topological polar surface area (TPSA) is 119 Å². The molecule has 7 nitrogen and oxygen atoms in total. The number of benzene rings is 3. The zero-order valence-corrected chi connectivity index (χ0v) is 24.2. The summed E-state index contributed by atoms with van der Waals surface area (Å²) in [5, 5.41) is 3.28. The fraction of sp³-hybridized carbons (Fsp3) is 0.207. The fourth-order valence-electron chi connectivity index (χ4n) is 5.25. The Balaban J connectivity index is 1.60. The highest BCUT2D eigenvalue weighted by molar-refractivity contribution is 9.10. The lowest BCUT2D eigenvalue weighted by Crippen LogP contribution is -2.27. The summed E-state index contributed by atoms with van der Waals surface area (Å²) in [6.07, 6.45) is 3.07. The molecule has 1 aliphatic heterocycles. The zero-order valence-electron chi connectivity index (χ0n) is 21.0. The number of anilines is 1. The number of carbonyl (C=O) groups is 2. The molecule has 10 heteroatoms. The summed E-state index contributed by atoms with van der Waals surface area (Å²) in [6.45, 7) is 0.400. The van der Waals surface area contributed by atoms with Crippen LogP contribution in [0, 0.1) is 0 Å². The number of halogens is 2. The number of sulfone groups is 1. The minimum atomic E-state index is -3.34. The number of nitrogens with zero attached hydrogens (tertiary/aromatic N) is 1. The molecule has 0 bridgehead atoms. The first-order valence-electron chi connectivity index (χ1n) is 12.3. The van der Waals surface area contributed by atoms with E-state index in [1.54, 1.807) is 30.3 Å². The Hall–Kier alpha value is -3.27. The van der Waals surface area contributed by atoms with Gasteiger partial charge >= 0.3 is 0 Å². The minimum Gasteiger partial charge on any atom is -0.364 e. The van der Waals surface area contributed by atoms with Crippen LogP contribution in [0.1, 0.15) is 45.8 Å². The predicted molar refractivity (Wildman–Crippen MR) is 157 cm³/mol. The Morgan fingerprint density at radius 2 is 1.79 bits per heavy atom. The van der Waals surface area contributed by atoms with E-state index >= 15 is 0 Å². The number of hydrogen-bond acceptors (Lipinski definition) is 5. The van der Waals surface area contributed by atoms with E-state index in [0.717, 1.165) is 32.3 Å². The van der Waals surface area contributed by atoms with E-state index in [4.69, 9.17) is 17.3 Å². The maximum atomic E-state index is 13.1. The molecule has 0 aromatic heterocycles. The van der Waals surface area contributed by atoms with Gasteiger partial charge in [0.1, 0.15) is 5.71 Å². The average molecular weight is 627 g/mol. The number of aryl methyl sites for hydroxylation is 1. The maximum absolute atomic E-state index is 13.1. The maximum Gasteiger partial charge on any atom is 0.267 e. The first-order chi connectivity index (χ1) is 18.5. The second kappa shape index (κ2) is 10.7. The van der Waals surface area contributed by atoms with E-state index in [2.05, 4.69) is 26.2 Å². The quantitative estimate of drug-likeness (QED) is 0.385. The van der Waals surface area contributed by atoms with Crippen LogP contribution in [-0.2, 0) is 21.1 Å². The monoisotopic (exact) mass is 625 g/mol. The van der Waals surface area contributed by atoms with Gasteiger partial charge in [-0.05, 0) is 89.6 Å². The van der Waals surface area contributed by atoms with Crippen molar-refractivity contribution >= 4 is 66.2 Å². The number of nitrogens with one attached hydrogen (secondary N) is 1. The second-order valence-corrected chi connectivity index (χ2v) is 13.0. The smallest absolute Gasteiger partial charge is 0.267 e. The summed E-state index contributed by atoms with van der Waals surface area (Å²) in [4.78, 5) is 30.3. The van der Waals surface area contributed by atoms with Gasteiger partial charge in [0, 0.05) is 28.9 Å². The molecule has 5 rings (SSSR count). The Morgan fingerprint density at radius 3 is 2.49 bits per heavy atom. The van der Waals surface area contributed by atoms with Crippen LogP contribution < -0.4 is 11.1 Å². The molecule has 3 aromatic carbocycles. The molecule has 1 aliphatic carbocycles. The third-order valence-corrected chi connectivity index (χ3v) is 9.02. The third kappa shape index (κ3) is 5.57. The molecule has 0 radical (unpaired) electrons. The highest BCUT2D eigenvalue weighted by Gasteiger charge is 2.32. The molecule has 1 heterocycles. The lowest BCUT2D eigenvalue weighted by molar-refractivity contribution is -0.111. The van der Waals surface area contributed by atoms with Gasteiger partial charge in [-0.25, -0.2) is 8.42 Å². The van der Waals surface area contributed by atoms with Crippen molar-refractivity contribution in [3.63, 3.8) is 0 Å². The van der Waals surface area contributed by atoms with Crippen molar-refractivity contribution in [2.24, 2.45) is 10.7 Å². The lowest BCUT2D eigenvalue weighted by atomic mass is 9.75. The normalized spacial score (nSPS) is 17.0. The molecular formula is C29H25BrClN3O4S. The van der Waals surface area contributed by atoms with Crippen molar-refractivity contribution in [2.75, 3.05) is 18.1 Å². The highest BCUT2D eigenvalue weighted by Crippen LogP contribution is 2.45. The molecule has 0 fully saturated rings. The van der Waals surface area contributed by atoms with Gasteiger partial charge in [-0.3, -0.25) is 14.6 Å². The molecule has 0 saturated heterocycles. The third-order valence-electron chi connectivity index (χ3n) is 7.07. The molecule has 1 atom stereocenters. The van der Waals surface area contributed by atoms with Gasteiger partial charge in [-0.2, -0.15) is 0 Å². The SMILES string of the molecule is CS(=O)(=O)c1ccc(C2CCN=C(C(N)=O)C3=C2c2cc(NC(=O)c4cc(Br)ccc4Cl)ccc2CC3)cc1. The first kappa shape index (κ1) is 27.3. The molecule has 3 N–H and O–H groups in total. The van der Waals surface area contributed by atoms with Gasteiger partial charge in [0.15, 0.2) is 9.84 Å². The van der Waals surface area contributed by atoms with Gasteiger partial charge in [0.25, 0.3) is 11.8 Å². The van der Waals surface area contributed by atoms with Crippen molar-refractivity contribution in [3.05, 3.63) is 98.0 Å². The highest BCUT2D eigenvalue weighted by atomic mass is 79.9. The second-order valence-electron chi connectivity index (χ2n) is 9.62. The van der Waals surface area contributed by atoms with E-state index < -0.39 is 15.7 Å². The Morgan fingerprint density at radius 1 is 1.05 bits per heavy atom. The molecule has 2 amide bonds. The molecule has 0 spiro atoms. The van der Waals surface area contributed by atoms with Crippen molar-refractivity contribution in [3.8, 4) is 0 Å². The number of amides is 2. The van der Waals surface area contributed by atoms with E-state index in [0.29, 0.717) is 42.1 Å². The zero-order chi connectivity index (χ0) is 27.9. The Bertz CT molecular complexity index is 1680. The number of allylic oxidation sites excluding steroid dienone is 1. The van der Waals surface area contributed by atoms with Crippen molar-refractivity contribution in [1.29, 1.82) is 0 Å². The van der Waals surface area contributed by atoms with Gasteiger partial charge in [0.05, 0.1) is 15.5 Å². The summed E-state index contributed by atoms with van der Waals surface area (Å²) in [6, 6.07) is 17.7. The average Bonchev–Trinajstić information content (AvgIpc) is 3.10. The van der Waals surface area contributed by atoms with Crippen molar-refractivity contribution in [1.82, 2.24) is 0 Å². The molecule has 2 aliphatic rings. The Labute approximate surface area is 240 Å². The summed E-state index contributed by atoms with van der Waals surface area (Å²) in [5.41, 5.74) is 11.6. The van der Waals surface area contributed by atoms with Crippen LogP contribution >= 0.6 is 27.5 Å². The van der Waals surface area contributed by atoms with Crippen molar-refractivity contribution < 1.29 is 18.0 Å². The lowest BCUT2D eigenvalue weighted by Gasteiger charge is -2.29. The first-order valence-corrected chi connectivity index (χ1v) is 15.4. The fourth-order valence-corrected chi connectivity index (χ4v) is 6.44. The number of aliphatic imine (C=N–C) groups is 1. The van der Waals surface area contributed by atoms with Crippen LogP contribution in [0.25, 0.3) is 5.57 Å². The van der Waals surface area contributed by atoms with Gasteiger partial charge in [-0.15, -0.1) is 0 Å². The van der Waals surface area contributed by atoms with Crippen LogP contribution in [0.5, 0.6) is 0 Å². The molecule has 0 saturated carbocycles. The number of nitrogens with two attached hydrogens (primary N) is 1. The molecule has 3 aromatic rings. The van der Waals surface area contributed by atoms with Crippen LogP contribution in [0.15, 0.2) is 80.6 Å². The number of primary amides is 1. The number of hydrogen-bond donors (Lipinski definition) is 2. The molecular weight excluding hydrogens is 602 g/mol. The number of fused-ring (bicyclic) bond motifs is 2. The summed E-state index contributed by atoms with van der Waals surface area (Å²) in [7, 11) is -3.34. The van der Waals surface area contributed by atoms with Crippen LogP contribution in [0.3, 0.4) is 0 Å². The standard InChI is InChI=1S/C29H25BrClN3O4S/c1-39(37,38)20-8-3-16(4-9-20)21-12-13-33-27(28(32)35)22-10-5-17-2-7-19(15-23(17)26(21)22)34-29(36)24-14-18(30)6-11-25(24)31/h2-4,6-9,11,14-15,21H,5,10,12-13H2,1H3,(H2,32,35)(H,34,36). The minimum absolute atomic E-state index is 0.154. The molecule has 1 unspecified atom stereocenters. The van der Waals surface area contributed by atoms with E-state index in [9.17, 15) is 18.0 Å². The van der Waals surface area contributed by atoms with Gasteiger partial charge < -0.3 is 11.1 Å². The molecule has 200 valence electrons. The van der Waals surface area contributed by atoms with E-state index in [1.165, 1.54) is 6.26 Å². The van der Waals surface area contributed by atoms with Crippen LogP contribution in [-0.4, -0.2) is 38.7 Å². The van der Waals surface area contributed by atoms with Gasteiger partial charge in [0.2, 0.25) is 0 Å². The number of rotatable bonds is 5. The summed E-state index contributed by atoms with van der Waals surface area (Å²) < 4.78 is 24.8.